The van der Waals surface area contributed by atoms with Gasteiger partial charge in [-0.3, -0.25) is 0 Å². The Balaban J connectivity index is 2.89. The molecule has 0 aromatic heterocycles. The SMILES string of the molecule is C=C=CC(N)c1ccc(F)cc1. The normalized spacial score (nSPS) is 11.8. The van der Waals surface area contributed by atoms with Gasteiger partial charge in [-0.2, -0.15) is 0 Å². The summed E-state index contributed by atoms with van der Waals surface area (Å²) in [7, 11) is 0. The molecule has 1 unspecified atom stereocenters. The number of hydrogen-bond donors (Lipinski definition) is 1. The fourth-order valence-electron chi connectivity index (χ4n) is 0.908. The second-order valence-electron chi connectivity index (χ2n) is 2.45. The quantitative estimate of drug-likeness (QED) is 0.664. The summed E-state index contributed by atoms with van der Waals surface area (Å²) in [6, 6.07) is 5.81. The standard InChI is InChI=1S/C10H10FN/c1-2-3-10(12)8-4-6-9(11)7-5-8/h3-7,10H,1,12H2. The van der Waals surface area contributed by atoms with E-state index in [0.717, 1.165) is 5.56 Å². The first-order chi connectivity index (χ1) is 5.74. The molecule has 12 heavy (non-hydrogen) atoms. The van der Waals surface area contributed by atoms with Crippen molar-refractivity contribution < 1.29 is 4.39 Å². The summed E-state index contributed by atoms with van der Waals surface area (Å²) < 4.78 is 12.5. The van der Waals surface area contributed by atoms with Gasteiger partial charge in [-0.25, -0.2) is 4.39 Å². The van der Waals surface area contributed by atoms with E-state index in [1.807, 2.05) is 0 Å². The fourth-order valence-corrected chi connectivity index (χ4v) is 0.908. The van der Waals surface area contributed by atoms with E-state index in [1.54, 1.807) is 18.2 Å². The molecule has 0 spiro atoms. The third-order valence-corrected chi connectivity index (χ3v) is 1.55. The predicted molar refractivity (Wildman–Crippen MR) is 47.0 cm³/mol. The summed E-state index contributed by atoms with van der Waals surface area (Å²) >= 11 is 0. The number of halogens is 1. The van der Waals surface area contributed by atoms with Crippen molar-refractivity contribution in [3.63, 3.8) is 0 Å². The Kier molecular flexibility index (Phi) is 2.81. The summed E-state index contributed by atoms with van der Waals surface area (Å²) in [5, 5.41) is 0. The minimum Gasteiger partial charge on any atom is -0.320 e. The minimum atomic E-state index is -0.256. The molecular formula is C10H10FN. The van der Waals surface area contributed by atoms with Crippen LogP contribution in [0.1, 0.15) is 11.6 Å². The van der Waals surface area contributed by atoms with Gasteiger partial charge in [0.15, 0.2) is 0 Å². The molecule has 1 atom stereocenters. The summed E-state index contributed by atoms with van der Waals surface area (Å²) in [6.07, 6.45) is 1.63. The van der Waals surface area contributed by atoms with E-state index in [2.05, 4.69) is 12.3 Å². The highest BCUT2D eigenvalue weighted by molar-refractivity contribution is 5.22. The Morgan fingerprint density at radius 3 is 2.50 bits per heavy atom. The van der Waals surface area contributed by atoms with Gasteiger partial charge in [0, 0.05) is 0 Å². The average molecular weight is 163 g/mol. The molecule has 0 radical (unpaired) electrons. The second-order valence-corrected chi connectivity index (χ2v) is 2.45. The Bertz CT molecular complexity index is 296. The van der Waals surface area contributed by atoms with Gasteiger partial charge in [0.2, 0.25) is 0 Å². The van der Waals surface area contributed by atoms with Gasteiger partial charge in [0.25, 0.3) is 0 Å². The van der Waals surface area contributed by atoms with Crippen molar-refractivity contribution >= 4 is 0 Å². The highest BCUT2D eigenvalue weighted by atomic mass is 19.1. The zero-order chi connectivity index (χ0) is 8.97. The number of nitrogens with two attached hydrogens (primary N) is 1. The van der Waals surface area contributed by atoms with Crippen LogP contribution < -0.4 is 5.73 Å². The van der Waals surface area contributed by atoms with Crippen LogP contribution in [-0.2, 0) is 0 Å². The van der Waals surface area contributed by atoms with Crippen molar-refractivity contribution in [2.45, 2.75) is 6.04 Å². The van der Waals surface area contributed by atoms with Crippen LogP contribution >= 0.6 is 0 Å². The van der Waals surface area contributed by atoms with Crippen molar-refractivity contribution in [3.8, 4) is 0 Å². The molecule has 0 bridgehead atoms. The lowest BCUT2D eigenvalue weighted by Gasteiger charge is -2.04. The zero-order valence-corrected chi connectivity index (χ0v) is 6.63. The van der Waals surface area contributed by atoms with Gasteiger partial charge in [-0.15, -0.1) is 5.73 Å². The predicted octanol–water partition coefficient (Wildman–Crippen LogP) is 2.17. The topological polar surface area (TPSA) is 26.0 Å². The molecule has 0 heterocycles. The molecule has 62 valence electrons. The van der Waals surface area contributed by atoms with E-state index in [0.29, 0.717) is 0 Å². The first kappa shape index (κ1) is 8.72. The first-order valence-corrected chi connectivity index (χ1v) is 3.61. The molecule has 2 N–H and O–H groups in total. The number of rotatable bonds is 2. The van der Waals surface area contributed by atoms with Crippen LogP contribution in [0, 0.1) is 5.82 Å². The lowest BCUT2D eigenvalue weighted by molar-refractivity contribution is 0.626. The van der Waals surface area contributed by atoms with Gasteiger partial charge in [-0.05, 0) is 23.8 Å². The van der Waals surface area contributed by atoms with E-state index in [4.69, 9.17) is 5.73 Å². The molecule has 2 heteroatoms. The van der Waals surface area contributed by atoms with Crippen LogP contribution in [0.4, 0.5) is 4.39 Å². The number of hydrogen-bond acceptors (Lipinski definition) is 1. The highest BCUT2D eigenvalue weighted by Crippen LogP contribution is 2.11. The molecule has 1 nitrogen and oxygen atoms in total. The van der Waals surface area contributed by atoms with Gasteiger partial charge in [-0.1, -0.05) is 18.7 Å². The smallest absolute Gasteiger partial charge is 0.123 e. The van der Waals surface area contributed by atoms with Crippen LogP contribution in [0.2, 0.25) is 0 Å². The molecule has 0 aliphatic carbocycles. The largest absolute Gasteiger partial charge is 0.320 e. The minimum absolute atomic E-state index is 0.247. The van der Waals surface area contributed by atoms with Crippen molar-refractivity contribution in [2.75, 3.05) is 0 Å². The zero-order valence-electron chi connectivity index (χ0n) is 6.63. The van der Waals surface area contributed by atoms with Gasteiger partial charge in [0.1, 0.15) is 5.82 Å². The van der Waals surface area contributed by atoms with Crippen LogP contribution in [0.3, 0.4) is 0 Å². The van der Waals surface area contributed by atoms with E-state index < -0.39 is 0 Å². The molecule has 0 saturated heterocycles. The molecule has 0 fully saturated rings. The van der Waals surface area contributed by atoms with Crippen LogP contribution in [-0.4, -0.2) is 0 Å². The van der Waals surface area contributed by atoms with Crippen LogP contribution in [0.25, 0.3) is 0 Å². The summed E-state index contributed by atoms with van der Waals surface area (Å²) in [5.41, 5.74) is 9.12. The molecular weight excluding hydrogens is 153 g/mol. The second kappa shape index (κ2) is 3.86. The summed E-state index contributed by atoms with van der Waals surface area (Å²) in [4.78, 5) is 0. The lowest BCUT2D eigenvalue weighted by atomic mass is 10.1. The Morgan fingerprint density at radius 1 is 1.42 bits per heavy atom. The fraction of sp³-hybridized carbons (Fsp3) is 0.100. The van der Waals surface area contributed by atoms with E-state index in [1.165, 1.54) is 12.1 Å². The van der Waals surface area contributed by atoms with Crippen molar-refractivity contribution in [1.29, 1.82) is 0 Å². The lowest BCUT2D eigenvalue weighted by Crippen LogP contribution is -2.06. The Morgan fingerprint density at radius 2 is 2.00 bits per heavy atom. The molecule has 0 saturated carbocycles. The van der Waals surface area contributed by atoms with Crippen LogP contribution in [0.15, 0.2) is 42.7 Å². The maximum absolute atomic E-state index is 12.5. The van der Waals surface area contributed by atoms with Gasteiger partial charge in [0.05, 0.1) is 6.04 Å². The first-order valence-electron chi connectivity index (χ1n) is 3.61. The van der Waals surface area contributed by atoms with Gasteiger partial charge < -0.3 is 5.73 Å². The van der Waals surface area contributed by atoms with E-state index in [9.17, 15) is 4.39 Å². The van der Waals surface area contributed by atoms with Crippen molar-refractivity contribution in [1.82, 2.24) is 0 Å². The van der Waals surface area contributed by atoms with Crippen molar-refractivity contribution in [2.24, 2.45) is 5.73 Å². The average Bonchev–Trinajstić information content (AvgIpc) is 2.06. The highest BCUT2D eigenvalue weighted by Gasteiger charge is 2.00. The van der Waals surface area contributed by atoms with E-state index >= 15 is 0 Å². The molecule has 0 amide bonds. The van der Waals surface area contributed by atoms with Crippen molar-refractivity contribution in [3.05, 3.63) is 54.0 Å². The molecule has 0 aliphatic rings. The van der Waals surface area contributed by atoms with Crippen LogP contribution in [0.5, 0.6) is 0 Å². The maximum atomic E-state index is 12.5. The summed E-state index contributed by atoms with van der Waals surface area (Å²) in [5.74, 6) is -0.256. The summed E-state index contributed by atoms with van der Waals surface area (Å²) in [6.45, 7) is 3.41. The molecule has 0 aliphatic heterocycles. The third kappa shape index (κ3) is 2.06. The molecule has 1 rings (SSSR count). The number of benzene rings is 1. The monoisotopic (exact) mass is 163 g/mol. The molecule has 1 aromatic rings. The third-order valence-electron chi connectivity index (χ3n) is 1.55. The Hall–Kier alpha value is -1.37. The van der Waals surface area contributed by atoms with Gasteiger partial charge >= 0.3 is 0 Å². The maximum Gasteiger partial charge on any atom is 0.123 e. The Labute approximate surface area is 71.0 Å². The van der Waals surface area contributed by atoms with E-state index in [-0.39, 0.29) is 11.9 Å². The molecule has 1 aromatic carbocycles.